The van der Waals surface area contributed by atoms with Gasteiger partial charge in [0.25, 0.3) is 0 Å². The fourth-order valence-corrected chi connectivity index (χ4v) is 3.22. The Balaban J connectivity index is 2.51. The summed E-state index contributed by atoms with van der Waals surface area (Å²) in [6, 6.07) is 0. The van der Waals surface area contributed by atoms with E-state index >= 15 is 0 Å². The molecule has 0 radical (unpaired) electrons. The van der Waals surface area contributed by atoms with Crippen LogP contribution in [0.25, 0.3) is 0 Å². The first-order valence-corrected chi connectivity index (χ1v) is 7.29. The van der Waals surface area contributed by atoms with Gasteiger partial charge in [-0.1, -0.05) is 13.8 Å². The first-order chi connectivity index (χ1) is 6.69. The maximum atomic E-state index is 3.28. The molecule has 0 bridgehead atoms. The van der Waals surface area contributed by atoms with Gasteiger partial charge in [0.1, 0.15) is 0 Å². The molecule has 1 rings (SSSR count). The van der Waals surface area contributed by atoms with E-state index in [1.807, 2.05) is 0 Å². The van der Waals surface area contributed by atoms with Gasteiger partial charge in [-0.25, -0.2) is 5.01 Å². The van der Waals surface area contributed by atoms with Crippen molar-refractivity contribution in [2.75, 3.05) is 19.6 Å². The summed E-state index contributed by atoms with van der Waals surface area (Å²) in [7, 11) is 0. The zero-order valence-corrected chi connectivity index (χ0v) is 13.1. The molecule has 1 fully saturated rings. The molecule has 14 heavy (non-hydrogen) atoms. The molecule has 0 amide bonds. The predicted octanol–water partition coefficient (Wildman–Crippen LogP) is 2.37. The second kappa shape index (κ2) is 6.82. The first-order valence-electron chi connectivity index (χ1n) is 5.13. The van der Waals surface area contributed by atoms with Crippen molar-refractivity contribution in [3.63, 3.8) is 0 Å². The third-order valence-electron chi connectivity index (χ3n) is 3.12. The molecule has 0 aromatic rings. The molecule has 1 heterocycles. The maximum Gasteiger partial charge on any atom is 0.0336 e. The molecule has 2 atom stereocenters. The third-order valence-corrected chi connectivity index (χ3v) is 4.24. The number of hydrazine groups is 1. The Morgan fingerprint density at radius 3 is 2.64 bits per heavy atom. The van der Waals surface area contributed by atoms with E-state index in [0.29, 0.717) is 0 Å². The van der Waals surface area contributed by atoms with Crippen molar-refractivity contribution < 1.29 is 0 Å². The SMILES string of the molecule is CC(C)C1CN(NI)CCC1CNI. The lowest BCUT2D eigenvalue weighted by molar-refractivity contribution is 0.0836. The summed E-state index contributed by atoms with van der Waals surface area (Å²) in [5, 5.41) is 2.33. The van der Waals surface area contributed by atoms with Gasteiger partial charge in [0.2, 0.25) is 0 Å². The smallest absolute Gasteiger partial charge is 0.0336 e. The molecule has 0 spiro atoms. The van der Waals surface area contributed by atoms with Gasteiger partial charge in [-0.15, -0.1) is 0 Å². The standard InChI is InChI=1S/C9H19I2N3/c1-7(2)9-6-14(13-11)4-3-8(9)5-12-10/h7-9,12-13H,3-6H2,1-2H3. The van der Waals surface area contributed by atoms with Gasteiger partial charge in [-0.2, -0.15) is 3.64 Å². The van der Waals surface area contributed by atoms with Crippen LogP contribution >= 0.6 is 45.7 Å². The van der Waals surface area contributed by atoms with Gasteiger partial charge in [-0.3, -0.25) is 3.53 Å². The number of halogens is 2. The van der Waals surface area contributed by atoms with Crippen LogP contribution < -0.4 is 7.17 Å². The Morgan fingerprint density at radius 2 is 2.14 bits per heavy atom. The van der Waals surface area contributed by atoms with Crippen LogP contribution in [0.4, 0.5) is 0 Å². The van der Waals surface area contributed by atoms with Crippen molar-refractivity contribution in [3.05, 3.63) is 0 Å². The molecule has 1 aliphatic heterocycles. The quantitative estimate of drug-likeness (QED) is 0.538. The van der Waals surface area contributed by atoms with E-state index in [0.717, 1.165) is 24.3 Å². The average molecular weight is 423 g/mol. The monoisotopic (exact) mass is 423 g/mol. The first kappa shape index (κ1) is 13.4. The highest BCUT2D eigenvalue weighted by atomic mass is 127. The number of rotatable bonds is 4. The van der Waals surface area contributed by atoms with Crippen LogP contribution in [0.5, 0.6) is 0 Å². The fourth-order valence-electron chi connectivity index (χ4n) is 2.22. The number of piperidine rings is 1. The number of hydrogen-bond donors (Lipinski definition) is 2. The Labute approximate surface area is 115 Å². The zero-order valence-electron chi connectivity index (χ0n) is 8.76. The molecule has 0 aromatic carbocycles. The Hall–Kier alpha value is 1.34. The van der Waals surface area contributed by atoms with E-state index in [9.17, 15) is 0 Å². The maximum absolute atomic E-state index is 3.28. The molecule has 3 nitrogen and oxygen atoms in total. The highest BCUT2D eigenvalue weighted by molar-refractivity contribution is 14.1. The van der Waals surface area contributed by atoms with Crippen LogP contribution in [0.15, 0.2) is 0 Å². The summed E-state index contributed by atoms with van der Waals surface area (Å²) in [5.41, 5.74) is 0. The topological polar surface area (TPSA) is 27.3 Å². The van der Waals surface area contributed by atoms with Gasteiger partial charge in [0.05, 0.1) is 0 Å². The van der Waals surface area contributed by atoms with Gasteiger partial charge in [-0.05, 0) is 24.2 Å². The normalized spacial score (nSPS) is 29.8. The minimum absolute atomic E-state index is 0.775. The van der Waals surface area contributed by atoms with E-state index in [2.05, 4.69) is 71.8 Å². The minimum atomic E-state index is 0.775. The molecule has 2 unspecified atom stereocenters. The lowest BCUT2D eigenvalue weighted by Crippen LogP contribution is -2.47. The van der Waals surface area contributed by atoms with Crippen LogP contribution in [-0.4, -0.2) is 24.6 Å². The Kier molecular flexibility index (Phi) is 6.53. The van der Waals surface area contributed by atoms with Gasteiger partial charge < -0.3 is 0 Å². The number of nitrogens with one attached hydrogen (secondary N) is 2. The van der Waals surface area contributed by atoms with Crippen molar-refractivity contribution in [2.45, 2.75) is 20.3 Å². The van der Waals surface area contributed by atoms with Crippen molar-refractivity contribution in [2.24, 2.45) is 17.8 Å². The lowest BCUT2D eigenvalue weighted by Gasteiger charge is -2.39. The minimum Gasteiger partial charge on any atom is -0.261 e. The summed E-state index contributed by atoms with van der Waals surface area (Å²) in [5.74, 6) is 2.43. The second-order valence-corrected chi connectivity index (χ2v) is 5.57. The highest BCUT2D eigenvalue weighted by Crippen LogP contribution is 2.28. The Morgan fingerprint density at radius 1 is 1.43 bits per heavy atom. The van der Waals surface area contributed by atoms with E-state index in [1.165, 1.54) is 19.5 Å². The second-order valence-electron chi connectivity index (χ2n) is 4.32. The van der Waals surface area contributed by atoms with Crippen LogP contribution in [-0.2, 0) is 0 Å². The Bertz CT molecular complexity index is 166. The predicted molar refractivity (Wildman–Crippen MR) is 77.2 cm³/mol. The van der Waals surface area contributed by atoms with Crippen LogP contribution in [0.2, 0.25) is 0 Å². The van der Waals surface area contributed by atoms with E-state index in [1.54, 1.807) is 0 Å². The molecule has 84 valence electrons. The van der Waals surface area contributed by atoms with Gasteiger partial charge >= 0.3 is 0 Å². The highest BCUT2D eigenvalue weighted by Gasteiger charge is 2.30. The van der Waals surface area contributed by atoms with E-state index in [-0.39, 0.29) is 0 Å². The van der Waals surface area contributed by atoms with Crippen LogP contribution in [0.1, 0.15) is 20.3 Å². The zero-order chi connectivity index (χ0) is 10.6. The third kappa shape index (κ3) is 3.73. The molecule has 2 N–H and O–H groups in total. The van der Waals surface area contributed by atoms with E-state index in [4.69, 9.17) is 0 Å². The lowest BCUT2D eigenvalue weighted by atomic mass is 9.79. The molecule has 0 aliphatic carbocycles. The molecule has 1 aliphatic rings. The van der Waals surface area contributed by atoms with Crippen molar-refractivity contribution in [3.8, 4) is 0 Å². The van der Waals surface area contributed by atoms with E-state index < -0.39 is 0 Å². The molecule has 0 saturated carbocycles. The van der Waals surface area contributed by atoms with Crippen molar-refractivity contribution in [1.29, 1.82) is 0 Å². The summed E-state index contributed by atoms with van der Waals surface area (Å²) >= 11 is 4.48. The molecule has 5 heteroatoms. The van der Waals surface area contributed by atoms with Gasteiger partial charge in [0.15, 0.2) is 0 Å². The molecule has 0 aromatic heterocycles. The summed E-state index contributed by atoms with van der Waals surface area (Å²) < 4.78 is 6.52. The fraction of sp³-hybridized carbons (Fsp3) is 1.00. The van der Waals surface area contributed by atoms with Gasteiger partial charge in [0, 0.05) is 65.4 Å². The average Bonchev–Trinajstić information content (AvgIpc) is 2.18. The molecular formula is C9H19I2N3. The molecule has 1 saturated heterocycles. The number of hydrogen-bond acceptors (Lipinski definition) is 3. The largest absolute Gasteiger partial charge is 0.261 e. The number of nitrogens with zero attached hydrogens (tertiary/aromatic N) is 1. The summed E-state index contributed by atoms with van der Waals surface area (Å²) in [6.45, 7) is 8.18. The van der Waals surface area contributed by atoms with Crippen LogP contribution in [0.3, 0.4) is 0 Å². The van der Waals surface area contributed by atoms with Crippen molar-refractivity contribution in [1.82, 2.24) is 12.2 Å². The summed E-state index contributed by atoms with van der Waals surface area (Å²) in [4.78, 5) is 0. The van der Waals surface area contributed by atoms with Crippen LogP contribution in [0, 0.1) is 17.8 Å². The van der Waals surface area contributed by atoms with Crippen molar-refractivity contribution >= 4 is 45.7 Å². The molecular weight excluding hydrogens is 404 g/mol. The summed E-state index contributed by atoms with van der Waals surface area (Å²) in [6.07, 6.45) is 1.30.